The summed E-state index contributed by atoms with van der Waals surface area (Å²) in [6, 6.07) is 12.8. The molecule has 1 aliphatic rings. The lowest BCUT2D eigenvalue weighted by Crippen LogP contribution is -2.52. The number of amides is 2. The fourth-order valence-corrected chi connectivity index (χ4v) is 4.31. The average molecular weight is 477 g/mol. The van der Waals surface area contributed by atoms with Crippen molar-refractivity contribution in [2.45, 2.75) is 38.4 Å². The second-order valence-electron chi connectivity index (χ2n) is 8.40. The fraction of sp³-hybridized carbons (Fsp3) is 0.269. The summed E-state index contributed by atoms with van der Waals surface area (Å²) >= 11 is 0. The van der Waals surface area contributed by atoms with Crippen LogP contribution in [0, 0.1) is 0 Å². The van der Waals surface area contributed by atoms with Gasteiger partial charge in [-0.3, -0.25) is 24.2 Å². The Kier molecular flexibility index (Phi) is 6.86. The van der Waals surface area contributed by atoms with Crippen molar-refractivity contribution >= 4 is 34.5 Å². The number of carbonyl (C=O) groups is 4. The van der Waals surface area contributed by atoms with E-state index in [-0.39, 0.29) is 18.9 Å². The number of aliphatic carboxylic acids is 1. The molecule has 0 aliphatic carbocycles. The van der Waals surface area contributed by atoms with E-state index in [4.69, 9.17) is 5.11 Å². The number of ketones is 1. The number of nitrogens with one attached hydrogen (secondary N) is 1. The maximum absolute atomic E-state index is 13.3. The summed E-state index contributed by atoms with van der Waals surface area (Å²) in [6.07, 6.45) is 1.24. The molecule has 0 spiro atoms. The van der Waals surface area contributed by atoms with Crippen molar-refractivity contribution in [1.82, 2.24) is 15.2 Å². The monoisotopic (exact) mass is 477 g/mol. The van der Waals surface area contributed by atoms with E-state index in [2.05, 4.69) is 10.3 Å². The van der Waals surface area contributed by atoms with E-state index in [1.54, 1.807) is 19.2 Å². The molecular formula is C26H24FN3O5. The number of rotatable bonds is 9. The first kappa shape index (κ1) is 24.0. The van der Waals surface area contributed by atoms with Crippen molar-refractivity contribution in [2.75, 3.05) is 6.67 Å². The fourth-order valence-electron chi connectivity index (χ4n) is 4.31. The Morgan fingerprint density at radius 1 is 1.14 bits per heavy atom. The number of Topliss-reactive ketones (excluding diaryl/α,β-unsaturated/α-hetero) is 1. The van der Waals surface area contributed by atoms with Gasteiger partial charge in [-0.15, -0.1) is 0 Å². The van der Waals surface area contributed by atoms with E-state index in [0.717, 1.165) is 27.6 Å². The maximum atomic E-state index is 13.3. The van der Waals surface area contributed by atoms with E-state index >= 15 is 0 Å². The zero-order chi connectivity index (χ0) is 25.1. The van der Waals surface area contributed by atoms with Gasteiger partial charge in [0.05, 0.1) is 11.9 Å². The van der Waals surface area contributed by atoms with Crippen molar-refractivity contribution in [2.24, 2.45) is 0 Å². The van der Waals surface area contributed by atoms with Crippen molar-refractivity contribution in [3.05, 3.63) is 65.9 Å². The molecule has 2 heterocycles. The Morgan fingerprint density at radius 2 is 1.91 bits per heavy atom. The minimum atomic E-state index is -1.49. The topological polar surface area (TPSA) is 117 Å². The highest BCUT2D eigenvalue weighted by Gasteiger charge is 2.37. The highest BCUT2D eigenvalue weighted by atomic mass is 19.1. The number of hydrogen-bond donors (Lipinski definition) is 2. The van der Waals surface area contributed by atoms with Gasteiger partial charge >= 0.3 is 5.97 Å². The molecule has 2 aromatic carbocycles. The first-order valence-electron chi connectivity index (χ1n) is 11.2. The Hall–Kier alpha value is -4.14. The van der Waals surface area contributed by atoms with Gasteiger partial charge in [-0.05, 0) is 35.7 Å². The largest absolute Gasteiger partial charge is 0.481 e. The first-order chi connectivity index (χ1) is 16.8. The molecule has 2 N–H and O–H groups in total. The number of hydrogen-bond acceptors (Lipinski definition) is 5. The summed E-state index contributed by atoms with van der Waals surface area (Å²) in [7, 11) is 0. The minimum absolute atomic E-state index is 0.191. The Morgan fingerprint density at radius 3 is 2.63 bits per heavy atom. The van der Waals surface area contributed by atoms with Gasteiger partial charge in [0.15, 0.2) is 5.78 Å². The quantitative estimate of drug-likeness (QED) is 0.489. The summed E-state index contributed by atoms with van der Waals surface area (Å²) in [4.78, 5) is 54.8. The normalized spacial score (nSPS) is 14.5. The second kappa shape index (κ2) is 10.0. The van der Waals surface area contributed by atoms with Gasteiger partial charge < -0.3 is 15.3 Å². The molecule has 180 valence electrons. The number of carbonyl (C=O) groups excluding carboxylic acids is 3. The number of alkyl halides is 1. The van der Waals surface area contributed by atoms with Crippen LogP contribution in [0.25, 0.3) is 22.0 Å². The number of halogens is 1. The van der Waals surface area contributed by atoms with E-state index in [9.17, 15) is 23.6 Å². The standard InChI is InChI=1S/C26H24FN3O5/c1-2-22(25(34)29-21(11-24(32)33)23(31)12-27)30-14-17-8-7-15(10-19(17)26(30)35)18-9-16-5-3-4-6-20(16)28-13-18/h3-10,13,21-22H,2,11-12,14H2,1H3,(H,29,34)(H,32,33). The van der Waals surface area contributed by atoms with Gasteiger partial charge in [0, 0.05) is 29.3 Å². The number of nitrogens with zero attached hydrogens (tertiary/aromatic N) is 2. The zero-order valence-corrected chi connectivity index (χ0v) is 19.0. The number of fused-ring (bicyclic) bond motifs is 2. The summed E-state index contributed by atoms with van der Waals surface area (Å²) in [6.45, 7) is 0.502. The smallest absolute Gasteiger partial charge is 0.305 e. The van der Waals surface area contributed by atoms with Gasteiger partial charge in [0.2, 0.25) is 5.91 Å². The van der Waals surface area contributed by atoms with E-state index in [1.165, 1.54) is 4.90 Å². The van der Waals surface area contributed by atoms with Gasteiger partial charge in [-0.2, -0.15) is 0 Å². The third kappa shape index (κ3) is 4.89. The molecule has 2 unspecified atom stereocenters. The lowest BCUT2D eigenvalue weighted by Gasteiger charge is -2.27. The molecule has 0 saturated heterocycles. The van der Waals surface area contributed by atoms with Crippen molar-refractivity contribution in [3.8, 4) is 11.1 Å². The second-order valence-corrected chi connectivity index (χ2v) is 8.40. The summed E-state index contributed by atoms with van der Waals surface area (Å²) in [5.74, 6) is -3.41. The molecule has 3 aromatic rings. The molecule has 8 nitrogen and oxygen atoms in total. The third-order valence-electron chi connectivity index (χ3n) is 6.15. The SMILES string of the molecule is CCC(C(=O)NC(CC(=O)O)C(=O)CF)N1Cc2ccc(-c3cnc4ccccc4c3)cc2C1=O. The van der Waals surface area contributed by atoms with Crippen LogP contribution in [0.3, 0.4) is 0 Å². The third-order valence-corrected chi connectivity index (χ3v) is 6.15. The average Bonchev–Trinajstić information content (AvgIpc) is 3.18. The van der Waals surface area contributed by atoms with Gasteiger partial charge in [0.1, 0.15) is 18.8 Å². The number of pyridine rings is 1. The lowest BCUT2D eigenvalue weighted by atomic mass is 10.0. The van der Waals surface area contributed by atoms with Crippen LogP contribution in [-0.2, 0) is 20.9 Å². The number of para-hydroxylation sites is 1. The predicted molar refractivity (Wildman–Crippen MR) is 126 cm³/mol. The van der Waals surface area contributed by atoms with Crippen LogP contribution in [0.1, 0.15) is 35.7 Å². The molecule has 1 aromatic heterocycles. The van der Waals surface area contributed by atoms with Crippen LogP contribution in [-0.4, -0.2) is 57.3 Å². The van der Waals surface area contributed by atoms with Gasteiger partial charge in [0.25, 0.3) is 5.91 Å². The van der Waals surface area contributed by atoms with Gasteiger partial charge in [-0.1, -0.05) is 37.3 Å². The molecule has 4 rings (SSSR count). The molecule has 35 heavy (non-hydrogen) atoms. The molecule has 0 fully saturated rings. The van der Waals surface area contributed by atoms with Crippen LogP contribution in [0.4, 0.5) is 4.39 Å². The van der Waals surface area contributed by atoms with Crippen LogP contribution < -0.4 is 5.32 Å². The summed E-state index contributed by atoms with van der Waals surface area (Å²) in [5.41, 5.74) is 3.74. The molecule has 2 amide bonds. The molecule has 9 heteroatoms. The minimum Gasteiger partial charge on any atom is -0.481 e. The number of carboxylic acid groups (broad SMARTS) is 1. The molecule has 0 bridgehead atoms. The Bertz CT molecular complexity index is 1330. The zero-order valence-electron chi connectivity index (χ0n) is 19.0. The van der Waals surface area contributed by atoms with Crippen molar-refractivity contribution in [1.29, 1.82) is 0 Å². The van der Waals surface area contributed by atoms with E-state index in [0.29, 0.717) is 5.56 Å². The van der Waals surface area contributed by atoms with E-state index in [1.807, 2.05) is 42.5 Å². The summed E-state index contributed by atoms with van der Waals surface area (Å²) < 4.78 is 12.9. The molecular weight excluding hydrogens is 453 g/mol. The first-order valence-corrected chi connectivity index (χ1v) is 11.2. The van der Waals surface area contributed by atoms with Crippen molar-refractivity contribution in [3.63, 3.8) is 0 Å². The number of aromatic nitrogens is 1. The van der Waals surface area contributed by atoms with Crippen LogP contribution in [0.5, 0.6) is 0 Å². The molecule has 1 aliphatic heterocycles. The van der Waals surface area contributed by atoms with Crippen molar-refractivity contribution < 1.29 is 28.7 Å². The summed E-state index contributed by atoms with van der Waals surface area (Å²) in [5, 5.41) is 12.3. The van der Waals surface area contributed by atoms with Crippen LogP contribution >= 0.6 is 0 Å². The van der Waals surface area contributed by atoms with Crippen LogP contribution in [0.2, 0.25) is 0 Å². The van der Waals surface area contributed by atoms with E-state index < -0.39 is 42.8 Å². The highest BCUT2D eigenvalue weighted by molar-refractivity contribution is 6.03. The van der Waals surface area contributed by atoms with Gasteiger partial charge in [-0.25, -0.2) is 4.39 Å². The predicted octanol–water partition coefficient (Wildman–Crippen LogP) is 3.13. The highest BCUT2D eigenvalue weighted by Crippen LogP contribution is 2.31. The Labute approximate surface area is 200 Å². The van der Waals surface area contributed by atoms with Crippen LogP contribution in [0.15, 0.2) is 54.7 Å². The molecule has 0 radical (unpaired) electrons. The maximum Gasteiger partial charge on any atom is 0.305 e. The number of benzene rings is 2. The number of carboxylic acids is 1. The lowest BCUT2D eigenvalue weighted by molar-refractivity contribution is -0.140. The molecule has 0 saturated carbocycles. The molecule has 2 atom stereocenters. The Balaban J connectivity index is 1.56.